The molecule has 43 valence electrons. The summed E-state index contributed by atoms with van der Waals surface area (Å²) in [6.07, 6.45) is -1.57. The highest BCUT2D eigenvalue weighted by Gasteiger charge is 2.27. The van der Waals surface area contributed by atoms with Crippen LogP contribution in [0.15, 0.2) is 0 Å². The van der Waals surface area contributed by atoms with E-state index in [4.69, 9.17) is 0 Å². The van der Waals surface area contributed by atoms with Gasteiger partial charge >= 0.3 is 6.09 Å². The van der Waals surface area contributed by atoms with E-state index in [0.29, 0.717) is 0 Å². The first-order chi connectivity index (χ1) is 3.70. The highest BCUT2D eigenvalue weighted by atomic mass is 16.6. The van der Waals surface area contributed by atoms with Crippen LogP contribution in [0, 0.1) is 6.92 Å². The molecule has 1 radical (unpaired) electrons. The second-order valence-corrected chi connectivity index (χ2v) is 1.38. The van der Waals surface area contributed by atoms with Crippen LogP contribution in [-0.2, 0) is 9.53 Å². The highest BCUT2D eigenvalue weighted by Crippen LogP contribution is 1.97. The molecular formula is C4H4NO3. The predicted molar refractivity (Wildman–Crippen MR) is 23.8 cm³/mol. The van der Waals surface area contributed by atoms with Crippen LogP contribution < -0.4 is 5.32 Å². The normalized spacial score (nSPS) is 27.4. The largest absolute Gasteiger partial charge is 0.436 e. The van der Waals surface area contributed by atoms with Crippen molar-refractivity contribution in [3.05, 3.63) is 6.92 Å². The van der Waals surface area contributed by atoms with Crippen molar-refractivity contribution in [1.29, 1.82) is 0 Å². The number of carbonyl (C=O) groups is 2. The lowest BCUT2D eigenvalue weighted by molar-refractivity contribution is -0.121. The van der Waals surface area contributed by atoms with Gasteiger partial charge < -0.3 is 4.74 Å². The van der Waals surface area contributed by atoms with Crippen molar-refractivity contribution in [2.24, 2.45) is 0 Å². The lowest BCUT2D eigenvalue weighted by atomic mass is 10.4. The maximum Gasteiger partial charge on any atom is 0.414 e. The minimum absolute atomic E-state index is 0.477. The Balaban J connectivity index is 2.64. The smallest absolute Gasteiger partial charge is 0.414 e. The number of rotatable bonds is 0. The van der Waals surface area contributed by atoms with Gasteiger partial charge in [0.2, 0.25) is 0 Å². The number of imide groups is 1. The van der Waals surface area contributed by atoms with Gasteiger partial charge in [0.15, 0.2) is 6.10 Å². The van der Waals surface area contributed by atoms with Crippen LogP contribution in [0.2, 0.25) is 0 Å². The average Bonchev–Trinajstić information content (AvgIpc) is 1.85. The Hall–Kier alpha value is -1.06. The van der Waals surface area contributed by atoms with Gasteiger partial charge in [-0.1, -0.05) is 0 Å². The third-order valence-electron chi connectivity index (χ3n) is 0.767. The molecule has 0 bridgehead atoms. The number of amides is 2. The molecule has 1 fully saturated rings. The molecule has 1 N–H and O–H groups in total. The van der Waals surface area contributed by atoms with E-state index in [1.165, 1.54) is 0 Å². The lowest BCUT2D eigenvalue weighted by Crippen LogP contribution is -2.22. The van der Waals surface area contributed by atoms with Crippen molar-refractivity contribution in [1.82, 2.24) is 5.32 Å². The molecule has 1 rings (SSSR count). The summed E-state index contributed by atoms with van der Waals surface area (Å²) in [4.78, 5) is 20.3. The highest BCUT2D eigenvalue weighted by molar-refractivity contribution is 6.00. The van der Waals surface area contributed by atoms with E-state index in [2.05, 4.69) is 11.7 Å². The fourth-order valence-electron chi connectivity index (χ4n) is 0.393. The third-order valence-corrected chi connectivity index (χ3v) is 0.767. The van der Waals surface area contributed by atoms with Crippen LogP contribution in [0.1, 0.15) is 0 Å². The molecule has 0 aromatic carbocycles. The Kier molecular flexibility index (Phi) is 0.932. The molecular weight excluding hydrogens is 110 g/mol. The molecule has 4 heteroatoms. The summed E-state index contributed by atoms with van der Waals surface area (Å²) in [6, 6.07) is 0. The first-order valence-corrected chi connectivity index (χ1v) is 2.04. The summed E-state index contributed by atoms with van der Waals surface area (Å²) in [5, 5.41) is 1.90. The zero-order chi connectivity index (χ0) is 6.15. The van der Waals surface area contributed by atoms with Gasteiger partial charge in [-0.2, -0.15) is 0 Å². The van der Waals surface area contributed by atoms with E-state index in [9.17, 15) is 9.59 Å². The summed E-state index contributed by atoms with van der Waals surface area (Å²) in [5.74, 6) is -0.477. The van der Waals surface area contributed by atoms with Crippen molar-refractivity contribution >= 4 is 12.0 Å². The van der Waals surface area contributed by atoms with Crippen LogP contribution in [0.4, 0.5) is 4.79 Å². The van der Waals surface area contributed by atoms with Gasteiger partial charge in [-0.3, -0.25) is 10.1 Å². The predicted octanol–water partition coefficient (Wildman–Crippen LogP) is -0.545. The molecule has 0 aromatic rings. The summed E-state index contributed by atoms with van der Waals surface area (Å²) in [6.45, 7) is 3.21. The fraction of sp³-hybridized carbons (Fsp3) is 0.250. The number of alkyl carbamates (subject to hydrolysis) is 1. The van der Waals surface area contributed by atoms with Gasteiger partial charge in [-0.15, -0.1) is 0 Å². The fourth-order valence-corrected chi connectivity index (χ4v) is 0.393. The molecule has 1 aliphatic heterocycles. The lowest BCUT2D eigenvalue weighted by Gasteiger charge is -1.90. The molecule has 1 atom stereocenters. The Bertz CT molecular complexity index is 142. The molecule has 0 aromatic heterocycles. The minimum Gasteiger partial charge on any atom is -0.436 e. The zero-order valence-electron chi connectivity index (χ0n) is 4.01. The number of ether oxygens (including phenoxy) is 1. The Morgan fingerprint density at radius 1 is 1.62 bits per heavy atom. The standard InChI is InChI=1S/C4H4NO3/c1-2-3(6)5-4(7)8-2/h2H,1H2,(H,5,6,7). The maximum absolute atomic E-state index is 10.3. The number of hydrogen-bond acceptors (Lipinski definition) is 3. The second kappa shape index (κ2) is 1.47. The molecule has 4 nitrogen and oxygen atoms in total. The zero-order valence-corrected chi connectivity index (χ0v) is 4.01. The second-order valence-electron chi connectivity index (χ2n) is 1.38. The van der Waals surface area contributed by atoms with Gasteiger partial charge in [-0.25, -0.2) is 4.79 Å². The van der Waals surface area contributed by atoms with Crippen molar-refractivity contribution in [2.45, 2.75) is 6.10 Å². The molecule has 1 heterocycles. The molecule has 1 unspecified atom stereocenters. The van der Waals surface area contributed by atoms with Crippen LogP contribution in [0.25, 0.3) is 0 Å². The maximum atomic E-state index is 10.3. The van der Waals surface area contributed by atoms with E-state index in [1.54, 1.807) is 0 Å². The summed E-state index contributed by atoms with van der Waals surface area (Å²) >= 11 is 0. The monoisotopic (exact) mass is 114 g/mol. The molecule has 0 saturated carbocycles. The van der Waals surface area contributed by atoms with Crippen molar-refractivity contribution in [3.8, 4) is 0 Å². The summed E-state index contributed by atoms with van der Waals surface area (Å²) in [5.41, 5.74) is 0. The SMILES string of the molecule is [CH2]C1OC(=O)NC1=O. The van der Waals surface area contributed by atoms with Crippen molar-refractivity contribution < 1.29 is 14.3 Å². The van der Waals surface area contributed by atoms with Crippen LogP contribution in [-0.4, -0.2) is 18.1 Å². The van der Waals surface area contributed by atoms with E-state index < -0.39 is 18.1 Å². The summed E-state index contributed by atoms with van der Waals surface area (Å²) < 4.78 is 4.26. The Labute approximate surface area is 45.8 Å². The number of hydrogen-bond donors (Lipinski definition) is 1. The Morgan fingerprint density at radius 3 is 2.38 bits per heavy atom. The third kappa shape index (κ3) is 0.641. The van der Waals surface area contributed by atoms with Crippen LogP contribution >= 0.6 is 0 Å². The van der Waals surface area contributed by atoms with Crippen LogP contribution in [0.3, 0.4) is 0 Å². The quantitative estimate of drug-likeness (QED) is 0.460. The number of carbonyl (C=O) groups excluding carboxylic acids is 2. The van der Waals surface area contributed by atoms with Gasteiger partial charge in [0.05, 0.1) is 0 Å². The molecule has 8 heavy (non-hydrogen) atoms. The van der Waals surface area contributed by atoms with Crippen molar-refractivity contribution in [3.63, 3.8) is 0 Å². The summed E-state index contributed by atoms with van der Waals surface area (Å²) in [7, 11) is 0. The van der Waals surface area contributed by atoms with Gasteiger partial charge in [-0.05, 0) is 6.92 Å². The molecule has 1 aliphatic rings. The number of cyclic esters (lactones) is 1. The van der Waals surface area contributed by atoms with Gasteiger partial charge in [0.25, 0.3) is 5.91 Å². The first kappa shape index (κ1) is 5.08. The molecule has 0 aliphatic carbocycles. The van der Waals surface area contributed by atoms with E-state index >= 15 is 0 Å². The minimum atomic E-state index is -0.859. The topological polar surface area (TPSA) is 55.4 Å². The van der Waals surface area contributed by atoms with Gasteiger partial charge in [0.1, 0.15) is 0 Å². The Morgan fingerprint density at radius 2 is 2.25 bits per heavy atom. The van der Waals surface area contributed by atoms with E-state index in [-0.39, 0.29) is 0 Å². The molecule has 1 saturated heterocycles. The number of nitrogens with one attached hydrogen (secondary N) is 1. The van der Waals surface area contributed by atoms with Gasteiger partial charge in [0, 0.05) is 0 Å². The first-order valence-electron chi connectivity index (χ1n) is 2.04. The molecule has 2 amide bonds. The average molecular weight is 114 g/mol. The molecule has 0 spiro atoms. The van der Waals surface area contributed by atoms with E-state index in [0.717, 1.165) is 0 Å². The van der Waals surface area contributed by atoms with E-state index in [1.807, 2.05) is 5.32 Å². The van der Waals surface area contributed by atoms with Crippen LogP contribution in [0.5, 0.6) is 0 Å². The van der Waals surface area contributed by atoms with Crippen molar-refractivity contribution in [2.75, 3.05) is 0 Å².